The van der Waals surface area contributed by atoms with Gasteiger partial charge in [-0.3, -0.25) is 0 Å². The number of nitrogens with two attached hydrogens (primary N) is 1. The van der Waals surface area contributed by atoms with E-state index in [0.29, 0.717) is 29.2 Å². The number of nitrogens with zero attached hydrogens (tertiary/aromatic N) is 3. The second kappa shape index (κ2) is 3.97. The zero-order valence-corrected chi connectivity index (χ0v) is 9.52. The van der Waals surface area contributed by atoms with Gasteiger partial charge >= 0.3 is 0 Å². The number of methoxy groups -OCH3 is 1. The Kier molecular flexibility index (Phi) is 2.66. The molecule has 0 aliphatic rings. The molecule has 0 radical (unpaired) electrons. The highest BCUT2D eigenvalue weighted by Crippen LogP contribution is 2.29. The molecule has 0 fully saturated rings. The van der Waals surface area contributed by atoms with Gasteiger partial charge in [0, 0.05) is 12.6 Å². The summed E-state index contributed by atoms with van der Waals surface area (Å²) in [5.41, 5.74) is 7.12. The fourth-order valence-corrected chi connectivity index (χ4v) is 1.55. The summed E-state index contributed by atoms with van der Waals surface area (Å²) in [5, 5.41) is 4.32. The molecule has 0 atom stereocenters. The predicted molar refractivity (Wildman–Crippen MR) is 60.2 cm³/mol. The molecule has 0 spiro atoms. The molecule has 2 heterocycles. The van der Waals surface area contributed by atoms with Crippen LogP contribution < -0.4 is 10.5 Å². The number of rotatable bonds is 3. The zero-order valence-electron chi connectivity index (χ0n) is 9.52. The van der Waals surface area contributed by atoms with Gasteiger partial charge in [0.2, 0.25) is 5.88 Å². The zero-order chi connectivity index (χ0) is 11.7. The van der Waals surface area contributed by atoms with Crippen LogP contribution in [0.3, 0.4) is 0 Å². The van der Waals surface area contributed by atoms with Gasteiger partial charge in [-0.05, 0) is 14.1 Å². The minimum Gasteiger partial charge on any atom is -0.480 e. The Morgan fingerprint density at radius 2 is 2.25 bits per heavy atom. The summed E-state index contributed by atoms with van der Waals surface area (Å²) in [4.78, 5) is 6.36. The van der Waals surface area contributed by atoms with Crippen LogP contribution in [-0.2, 0) is 6.54 Å². The molecule has 0 aliphatic carbocycles. The van der Waals surface area contributed by atoms with Gasteiger partial charge in [-0.25, -0.2) is 4.98 Å². The van der Waals surface area contributed by atoms with E-state index in [0.717, 1.165) is 5.69 Å². The Labute approximate surface area is 93.0 Å². The molecule has 0 amide bonds. The first-order valence-corrected chi connectivity index (χ1v) is 4.85. The molecule has 0 bridgehead atoms. The molecule has 6 nitrogen and oxygen atoms in total. The van der Waals surface area contributed by atoms with Crippen molar-refractivity contribution in [2.45, 2.75) is 6.54 Å². The minimum atomic E-state index is 0.302. The lowest BCUT2D eigenvalue weighted by molar-refractivity contribution is 0.379. The van der Waals surface area contributed by atoms with Crippen molar-refractivity contribution in [2.75, 3.05) is 26.9 Å². The first-order chi connectivity index (χ1) is 7.61. The van der Waals surface area contributed by atoms with Crippen LogP contribution in [-0.4, -0.2) is 36.2 Å². The highest BCUT2D eigenvalue weighted by molar-refractivity contribution is 5.91. The van der Waals surface area contributed by atoms with E-state index in [1.807, 2.05) is 25.1 Å². The fraction of sp³-hybridized carbons (Fsp3) is 0.400. The van der Waals surface area contributed by atoms with E-state index in [2.05, 4.69) is 10.1 Å². The van der Waals surface area contributed by atoms with Crippen molar-refractivity contribution in [2.24, 2.45) is 0 Å². The lowest BCUT2D eigenvalue weighted by Gasteiger charge is -2.09. The Morgan fingerprint density at radius 3 is 2.88 bits per heavy atom. The summed E-state index contributed by atoms with van der Waals surface area (Å²) >= 11 is 0. The maximum Gasteiger partial charge on any atom is 0.228 e. The second-order valence-corrected chi connectivity index (χ2v) is 3.80. The number of hydrogen-bond donors (Lipinski definition) is 1. The lowest BCUT2D eigenvalue weighted by Crippen LogP contribution is -2.12. The number of anilines is 1. The summed E-state index contributed by atoms with van der Waals surface area (Å²) in [7, 11) is 5.48. The monoisotopic (exact) mass is 222 g/mol. The average molecular weight is 222 g/mol. The molecular formula is C10H14N4O2. The van der Waals surface area contributed by atoms with Gasteiger partial charge in [0.05, 0.1) is 12.8 Å². The lowest BCUT2D eigenvalue weighted by atomic mass is 10.2. The molecule has 16 heavy (non-hydrogen) atoms. The third-order valence-electron chi connectivity index (χ3n) is 2.17. The first kappa shape index (κ1) is 10.7. The van der Waals surface area contributed by atoms with E-state index in [1.165, 1.54) is 0 Å². The molecule has 2 aromatic rings. The molecule has 0 unspecified atom stereocenters. The van der Waals surface area contributed by atoms with Crippen LogP contribution in [0.2, 0.25) is 0 Å². The Hall–Kier alpha value is -1.82. The average Bonchev–Trinajstić information content (AvgIpc) is 2.58. The number of fused-ring (bicyclic) bond motifs is 1. The normalized spacial score (nSPS) is 11.2. The quantitative estimate of drug-likeness (QED) is 0.830. The van der Waals surface area contributed by atoms with Crippen LogP contribution in [0.15, 0.2) is 10.6 Å². The molecule has 0 saturated heterocycles. The van der Waals surface area contributed by atoms with Crippen LogP contribution in [0.4, 0.5) is 5.82 Å². The highest BCUT2D eigenvalue weighted by Gasteiger charge is 2.14. The highest BCUT2D eigenvalue weighted by atomic mass is 16.5. The number of nitrogen functional groups attached to an aromatic ring is 1. The molecule has 2 N–H and O–H groups in total. The van der Waals surface area contributed by atoms with E-state index in [1.54, 1.807) is 7.11 Å². The molecule has 86 valence electrons. The molecule has 2 aromatic heterocycles. The van der Waals surface area contributed by atoms with Gasteiger partial charge in [-0.1, -0.05) is 5.16 Å². The van der Waals surface area contributed by atoms with E-state index in [-0.39, 0.29) is 0 Å². The van der Waals surface area contributed by atoms with Crippen molar-refractivity contribution in [1.82, 2.24) is 15.0 Å². The summed E-state index contributed by atoms with van der Waals surface area (Å²) in [6.45, 7) is 0.701. The molecular weight excluding hydrogens is 208 g/mol. The Bertz CT molecular complexity index is 507. The fourth-order valence-electron chi connectivity index (χ4n) is 1.55. The van der Waals surface area contributed by atoms with Crippen molar-refractivity contribution in [3.63, 3.8) is 0 Å². The third kappa shape index (κ3) is 1.79. The summed E-state index contributed by atoms with van der Waals surface area (Å²) in [6.07, 6.45) is 0. The maximum absolute atomic E-state index is 5.67. The maximum atomic E-state index is 5.67. The van der Waals surface area contributed by atoms with Crippen molar-refractivity contribution >= 4 is 16.8 Å². The van der Waals surface area contributed by atoms with Crippen molar-refractivity contribution in [1.29, 1.82) is 0 Å². The van der Waals surface area contributed by atoms with E-state index < -0.39 is 0 Å². The van der Waals surface area contributed by atoms with Crippen LogP contribution in [0.25, 0.3) is 11.0 Å². The van der Waals surface area contributed by atoms with Crippen LogP contribution >= 0.6 is 0 Å². The van der Waals surface area contributed by atoms with Crippen LogP contribution in [0, 0.1) is 0 Å². The largest absolute Gasteiger partial charge is 0.480 e. The smallest absolute Gasteiger partial charge is 0.228 e. The number of pyridine rings is 1. The predicted octanol–water partition coefficient (Wildman–Crippen LogP) is 0.875. The SMILES string of the molecule is COc1nc(CN(C)C)cc2onc(N)c12. The molecule has 0 saturated carbocycles. The summed E-state index contributed by atoms with van der Waals surface area (Å²) < 4.78 is 10.3. The van der Waals surface area contributed by atoms with E-state index >= 15 is 0 Å². The summed E-state index contributed by atoms with van der Waals surface area (Å²) in [6, 6.07) is 1.82. The molecule has 0 aromatic carbocycles. The molecule has 6 heteroatoms. The van der Waals surface area contributed by atoms with Crippen molar-refractivity contribution in [3.8, 4) is 5.88 Å². The summed E-state index contributed by atoms with van der Waals surface area (Å²) in [5.74, 6) is 0.754. The minimum absolute atomic E-state index is 0.302. The van der Waals surface area contributed by atoms with Crippen molar-refractivity contribution < 1.29 is 9.26 Å². The molecule has 0 aliphatic heterocycles. The van der Waals surface area contributed by atoms with Crippen LogP contribution in [0.1, 0.15) is 5.69 Å². The van der Waals surface area contributed by atoms with Gasteiger partial charge in [0.1, 0.15) is 5.39 Å². The molecule has 2 rings (SSSR count). The van der Waals surface area contributed by atoms with Gasteiger partial charge < -0.3 is 19.9 Å². The number of hydrogen-bond acceptors (Lipinski definition) is 6. The van der Waals surface area contributed by atoms with Gasteiger partial charge in [-0.2, -0.15) is 0 Å². The third-order valence-corrected chi connectivity index (χ3v) is 2.17. The van der Waals surface area contributed by atoms with Gasteiger partial charge in [-0.15, -0.1) is 0 Å². The Balaban J connectivity index is 2.56. The number of ether oxygens (including phenoxy) is 1. The van der Waals surface area contributed by atoms with Crippen LogP contribution in [0.5, 0.6) is 5.88 Å². The number of aromatic nitrogens is 2. The van der Waals surface area contributed by atoms with Crippen molar-refractivity contribution in [3.05, 3.63) is 11.8 Å². The van der Waals surface area contributed by atoms with Gasteiger partial charge in [0.15, 0.2) is 11.4 Å². The van der Waals surface area contributed by atoms with Gasteiger partial charge in [0.25, 0.3) is 0 Å². The standard InChI is InChI=1S/C10H14N4O2/c1-14(2)5-6-4-7-8(9(11)13-16-7)10(12-6)15-3/h4H,5H2,1-3H3,(H2,11,13). The topological polar surface area (TPSA) is 77.4 Å². The first-order valence-electron chi connectivity index (χ1n) is 4.85. The van der Waals surface area contributed by atoms with E-state index in [4.69, 9.17) is 15.0 Å². The second-order valence-electron chi connectivity index (χ2n) is 3.80. The van der Waals surface area contributed by atoms with E-state index in [9.17, 15) is 0 Å². The Morgan fingerprint density at radius 1 is 1.50 bits per heavy atom.